The van der Waals surface area contributed by atoms with Gasteiger partial charge in [0.2, 0.25) is 0 Å². The predicted molar refractivity (Wildman–Crippen MR) is 137 cm³/mol. The maximum atomic E-state index is 13.5. The summed E-state index contributed by atoms with van der Waals surface area (Å²) >= 11 is 0. The van der Waals surface area contributed by atoms with Crippen molar-refractivity contribution < 1.29 is 28.5 Å². The lowest BCUT2D eigenvalue weighted by molar-refractivity contribution is 0.0696. The summed E-state index contributed by atoms with van der Waals surface area (Å²) in [6.07, 6.45) is 1.85. The zero-order chi connectivity index (χ0) is 25.5. The van der Waals surface area contributed by atoms with E-state index in [4.69, 9.17) is 19.3 Å². The van der Waals surface area contributed by atoms with Gasteiger partial charge in [0.05, 0.1) is 24.3 Å². The zero-order valence-electron chi connectivity index (χ0n) is 20.7. The van der Waals surface area contributed by atoms with Gasteiger partial charge in [-0.05, 0) is 86.3 Å². The number of carboxylic acids is 1. The maximum Gasteiger partial charge on any atom is 0.335 e. The van der Waals surface area contributed by atoms with Crippen molar-refractivity contribution in [2.45, 2.75) is 39.3 Å². The highest BCUT2D eigenvalue weighted by Gasteiger charge is 2.22. The Morgan fingerprint density at radius 1 is 0.944 bits per heavy atom. The molecule has 1 saturated heterocycles. The van der Waals surface area contributed by atoms with Crippen molar-refractivity contribution in [3.05, 3.63) is 77.6 Å². The molecule has 0 saturated carbocycles. The van der Waals surface area contributed by atoms with E-state index in [1.54, 1.807) is 36.4 Å². The van der Waals surface area contributed by atoms with Crippen LogP contribution >= 0.6 is 0 Å². The van der Waals surface area contributed by atoms with E-state index in [0.717, 1.165) is 60.7 Å². The molecule has 4 rings (SSSR count). The summed E-state index contributed by atoms with van der Waals surface area (Å²) in [5.74, 6) is 0.926. The molecule has 3 aromatic carbocycles. The molecule has 7 heteroatoms. The lowest BCUT2D eigenvalue weighted by atomic mass is 10.00. The van der Waals surface area contributed by atoms with Crippen molar-refractivity contribution in [2.24, 2.45) is 0 Å². The Bertz CT molecular complexity index is 1130. The molecule has 0 spiro atoms. The van der Waals surface area contributed by atoms with Crippen LogP contribution in [0.4, 0.5) is 4.39 Å². The predicted octanol–water partition coefficient (Wildman–Crippen LogP) is 6.03. The van der Waals surface area contributed by atoms with Crippen LogP contribution in [0.1, 0.15) is 42.6 Å². The molecule has 0 aliphatic carbocycles. The molecule has 3 aromatic rings. The van der Waals surface area contributed by atoms with E-state index in [-0.39, 0.29) is 17.5 Å². The first-order chi connectivity index (χ1) is 17.5. The first-order valence-electron chi connectivity index (χ1n) is 12.4. The number of aromatic carboxylic acids is 1. The number of likely N-dealkylation sites (tertiary alicyclic amines) is 1. The average Bonchev–Trinajstić information content (AvgIpc) is 2.87. The van der Waals surface area contributed by atoms with Gasteiger partial charge < -0.3 is 19.3 Å². The first kappa shape index (κ1) is 25.5. The lowest BCUT2D eigenvalue weighted by Gasteiger charge is -2.32. The Balaban J connectivity index is 1.44. The summed E-state index contributed by atoms with van der Waals surface area (Å²) in [6, 6.07) is 17.0. The minimum atomic E-state index is -0.944. The number of carbonyl (C=O) groups is 1. The van der Waals surface area contributed by atoms with E-state index in [2.05, 4.69) is 17.0 Å². The number of hydrogen-bond donors (Lipinski definition) is 1. The third kappa shape index (κ3) is 6.34. The molecule has 0 atom stereocenters. The molecule has 0 amide bonds. The second kappa shape index (κ2) is 11.9. The molecule has 1 N–H and O–H groups in total. The normalized spacial score (nSPS) is 14.4. The summed E-state index contributed by atoms with van der Waals surface area (Å²) in [5.41, 5.74) is 3.03. The Labute approximate surface area is 211 Å². The maximum absolute atomic E-state index is 13.5. The van der Waals surface area contributed by atoms with Crippen LogP contribution in [0.5, 0.6) is 17.2 Å². The molecular weight excluding hydrogens is 461 g/mol. The largest absolute Gasteiger partial charge is 0.493 e. The van der Waals surface area contributed by atoms with Crippen LogP contribution in [0.2, 0.25) is 0 Å². The molecule has 0 unspecified atom stereocenters. The fraction of sp³-hybridized carbons (Fsp3) is 0.345. The van der Waals surface area contributed by atoms with Crippen LogP contribution in [0.25, 0.3) is 11.1 Å². The monoisotopic (exact) mass is 493 g/mol. The van der Waals surface area contributed by atoms with Gasteiger partial charge in [-0.2, -0.15) is 0 Å². The number of ether oxygens (including phenoxy) is 3. The van der Waals surface area contributed by atoms with E-state index in [0.29, 0.717) is 19.0 Å². The molecule has 190 valence electrons. The van der Waals surface area contributed by atoms with Gasteiger partial charge in [0.1, 0.15) is 29.2 Å². The van der Waals surface area contributed by atoms with Gasteiger partial charge in [-0.15, -0.1) is 0 Å². The van der Waals surface area contributed by atoms with Gasteiger partial charge in [0.15, 0.2) is 0 Å². The Kier molecular flexibility index (Phi) is 8.44. The van der Waals surface area contributed by atoms with Crippen LogP contribution in [0, 0.1) is 5.82 Å². The van der Waals surface area contributed by atoms with Crippen molar-refractivity contribution in [3.63, 3.8) is 0 Å². The zero-order valence-corrected chi connectivity index (χ0v) is 20.7. The van der Waals surface area contributed by atoms with E-state index in [1.165, 1.54) is 12.1 Å². The van der Waals surface area contributed by atoms with Gasteiger partial charge in [-0.1, -0.05) is 12.1 Å². The first-order valence-corrected chi connectivity index (χ1v) is 12.4. The molecule has 0 aromatic heterocycles. The lowest BCUT2D eigenvalue weighted by Crippen LogP contribution is -2.37. The summed E-state index contributed by atoms with van der Waals surface area (Å²) < 4.78 is 31.6. The summed E-state index contributed by atoms with van der Waals surface area (Å²) in [5, 5.41) is 9.05. The molecule has 0 radical (unpaired) electrons. The van der Waals surface area contributed by atoms with Gasteiger partial charge >= 0.3 is 5.97 Å². The van der Waals surface area contributed by atoms with Crippen LogP contribution in [-0.2, 0) is 6.54 Å². The third-order valence-corrected chi connectivity index (χ3v) is 6.20. The number of hydrogen-bond acceptors (Lipinski definition) is 5. The van der Waals surface area contributed by atoms with Gasteiger partial charge in [-0.3, -0.25) is 4.90 Å². The molecule has 0 bridgehead atoms. The number of rotatable bonds is 10. The Morgan fingerprint density at radius 2 is 1.53 bits per heavy atom. The molecule has 36 heavy (non-hydrogen) atoms. The highest BCUT2D eigenvalue weighted by atomic mass is 19.1. The Hall–Kier alpha value is -3.58. The number of piperidine rings is 1. The number of halogens is 1. The van der Waals surface area contributed by atoms with Gasteiger partial charge in [-0.25, -0.2) is 9.18 Å². The van der Waals surface area contributed by atoms with E-state index < -0.39 is 5.97 Å². The Morgan fingerprint density at radius 3 is 2.06 bits per heavy atom. The smallest absolute Gasteiger partial charge is 0.335 e. The number of benzene rings is 3. The van der Waals surface area contributed by atoms with E-state index in [1.807, 2.05) is 13.8 Å². The molecule has 6 nitrogen and oxygen atoms in total. The van der Waals surface area contributed by atoms with Crippen LogP contribution in [0.3, 0.4) is 0 Å². The van der Waals surface area contributed by atoms with Crippen molar-refractivity contribution in [2.75, 3.05) is 26.3 Å². The minimum absolute atomic E-state index is 0.0933. The minimum Gasteiger partial charge on any atom is -0.493 e. The standard InChI is InChI=1S/C29H32FNO5/c1-3-34-26-17-20(18-27(35-4-2)28(26)21-5-9-23(30)10-6-21)19-31-15-13-25(14-16-31)36-24-11-7-22(8-12-24)29(32)33/h5-12,17-18,25H,3-4,13-16,19H2,1-2H3,(H,32,33). The topological polar surface area (TPSA) is 68.2 Å². The second-order valence-corrected chi connectivity index (χ2v) is 8.76. The molecule has 1 heterocycles. The van der Waals surface area contributed by atoms with Crippen molar-refractivity contribution in [1.29, 1.82) is 0 Å². The average molecular weight is 494 g/mol. The highest BCUT2D eigenvalue weighted by Crippen LogP contribution is 2.40. The number of nitrogens with zero attached hydrogens (tertiary/aromatic N) is 1. The SMILES string of the molecule is CCOc1cc(CN2CCC(Oc3ccc(C(=O)O)cc3)CC2)cc(OCC)c1-c1ccc(F)cc1. The highest BCUT2D eigenvalue weighted by molar-refractivity contribution is 5.87. The third-order valence-electron chi connectivity index (χ3n) is 6.20. The fourth-order valence-corrected chi connectivity index (χ4v) is 4.49. The van der Waals surface area contributed by atoms with Crippen LogP contribution < -0.4 is 14.2 Å². The fourth-order valence-electron chi connectivity index (χ4n) is 4.49. The van der Waals surface area contributed by atoms with Crippen molar-refractivity contribution >= 4 is 5.97 Å². The van der Waals surface area contributed by atoms with E-state index in [9.17, 15) is 9.18 Å². The molecule has 1 fully saturated rings. The van der Waals surface area contributed by atoms with Crippen molar-refractivity contribution in [3.8, 4) is 28.4 Å². The van der Waals surface area contributed by atoms with Crippen LogP contribution in [0.15, 0.2) is 60.7 Å². The summed E-state index contributed by atoms with van der Waals surface area (Å²) in [6.45, 7) is 7.43. The molecule has 1 aliphatic rings. The summed E-state index contributed by atoms with van der Waals surface area (Å²) in [7, 11) is 0. The van der Waals surface area contributed by atoms with Crippen LogP contribution in [-0.4, -0.2) is 48.4 Å². The second-order valence-electron chi connectivity index (χ2n) is 8.76. The van der Waals surface area contributed by atoms with Crippen molar-refractivity contribution in [1.82, 2.24) is 4.90 Å². The molecule has 1 aliphatic heterocycles. The van der Waals surface area contributed by atoms with Gasteiger partial charge in [0.25, 0.3) is 0 Å². The summed E-state index contributed by atoms with van der Waals surface area (Å²) in [4.78, 5) is 13.4. The van der Waals surface area contributed by atoms with E-state index >= 15 is 0 Å². The number of carboxylic acid groups (broad SMARTS) is 1. The quantitative estimate of drug-likeness (QED) is 0.372. The van der Waals surface area contributed by atoms with Gasteiger partial charge in [0, 0.05) is 19.6 Å². The molecular formula is C29H32FNO5.